The van der Waals surface area contributed by atoms with Gasteiger partial charge < -0.3 is 9.84 Å². The average Bonchev–Trinajstić information content (AvgIpc) is 3.00. The second kappa shape index (κ2) is 4.69. The summed E-state index contributed by atoms with van der Waals surface area (Å²) in [5, 5.41) is 9.51. The lowest BCUT2D eigenvalue weighted by atomic mass is 9.80. The summed E-state index contributed by atoms with van der Waals surface area (Å²) in [6.45, 7) is 6.17. The Morgan fingerprint density at radius 1 is 1.29 bits per heavy atom. The molecule has 17 heavy (non-hydrogen) atoms. The number of hydrogen-bond donors (Lipinski definition) is 1. The molecule has 1 aromatic rings. The first-order valence-corrected chi connectivity index (χ1v) is 6.43. The van der Waals surface area contributed by atoms with Crippen molar-refractivity contribution >= 4 is 0 Å². The molecule has 2 rings (SSSR count). The van der Waals surface area contributed by atoms with Gasteiger partial charge in [-0.2, -0.15) is 0 Å². The zero-order chi connectivity index (χ0) is 12.5. The lowest BCUT2D eigenvalue weighted by Crippen LogP contribution is -2.22. The minimum atomic E-state index is -0.271. The number of aliphatic hydroxyl groups excluding tert-OH is 1. The van der Waals surface area contributed by atoms with Crippen LogP contribution in [0, 0.1) is 0 Å². The minimum Gasteiger partial charge on any atom is -0.490 e. The molecule has 1 aliphatic rings. The molecule has 0 aliphatic heterocycles. The van der Waals surface area contributed by atoms with Crippen molar-refractivity contribution in [1.82, 2.24) is 0 Å². The Kier molecular flexibility index (Phi) is 3.43. The van der Waals surface area contributed by atoms with Gasteiger partial charge in [-0.05, 0) is 49.3 Å². The number of ether oxygens (including phenoxy) is 1. The maximum absolute atomic E-state index is 9.51. The fourth-order valence-electron chi connectivity index (χ4n) is 2.22. The smallest absolute Gasteiger partial charge is 0.119 e. The molecule has 1 aromatic carbocycles. The fraction of sp³-hybridized carbons (Fsp3) is 0.600. The van der Waals surface area contributed by atoms with Crippen LogP contribution in [0.3, 0.4) is 0 Å². The number of benzene rings is 1. The zero-order valence-corrected chi connectivity index (χ0v) is 10.9. The van der Waals surface area contributed by atoms with Gasteiger partial charge >= 0.3 is 0 Å². The first kappa shape index (κ1) is 12.4. The maximum Gasteiger partial charge on any atom is 0.119 e. The highest BCUT2D eigenvalue weighted by Crippen LogP contribution is 2.31. The van der Waals surface area contributed by atoms with E-state index < -0.39 is 0 Å². The highest BCUT2D eigenvalue weighted by atomic mass is 16.5. The van der Waals surface area contributed by atoms with Gasteiger partial charge in [-0.3, -0.25) is 0 Å². The third kappa shape index (κ3) is 3.47. The van der Waals surface area contributed by atoms with Crippen molar-refractivity contribution in [2.75, 3.05) is 0 Å². The van der Waals surface area contributed by atoms with E-state index in [9.17, 15) is 5.11 Å². The van der Waals surface area contributed by atoms with E-state index in [1.165, 1.54) is 18.4 Å². The SMILES string of the molecule is CC(O)CC(C)(C)c1ccc(OC2CC2)cc1. The summed E-state index contributed by atoms with van der Waals surface area (Å²) in [5.41, 5.74) is 1.26. The molecule has 0 spiro atoms. The van der Waals surface area contributed by atoms with Gasteiger partial charge in [-0.25, -0.2) is 0 Å². The Hall–Kier alpha value is -1.02. The normalized spacial score (nSPS) is 17.9. The van der Waals surface area contributed by atoms with Crippen molar-refractivity contribution in [1.29, 1.82) is 0 Å². The lowest BCUT2D eigenvalue weighted by molar-refractivity contribution is 0.157. The molecule has 0 aromatic heterocycles. The summed E-state index contributed by atoms with van der Waals surface area (Å²) in [4.78, 5) is 0. The number of rotatable bonds is 5. The molecule has 0 saturated heterocycles. The molecule has 1 fully saturated rings. The van der Waals surface area contributed by atoms with Gasteiger partial charge in [0, 0.05) is 0 Å². The van der Waals surface area contributed by atoms with E-state index in [4.69, 9.17) is 4.74 Å². The first-order valence-electron chi connectivity index (χ1n) is 6.43. The van der Waals surface area contributed by atoms with Crippen LogP contribution < -0.4 is 4.74 Å². The van der Waals surface area contributed by atoms with Crippen molar-refractivity contribution in [3.05, 3.63) is 29.8 Å². The van der Waals surface area contributed by atoms with Crippen LogP contribution in [0.1, 0.15) is 45.6 Å². The van der Waals surface area contributed by atoms with Crippen LogP contribution in [0.15, 0.2) is 24.3 Å². The molecule has 1 saturated carbocycles. The molecule has 0 bridgehead atoms. The van der Waals surface area contributed by atoms with Crippen LogP contribution in [0.4, 0.5) is 0 Å². The third-order valence-corrected chi connectivity index (χ3v) is 3.27. The van der Waals surface area contributed by atoms with Gasteiger partial charge in [-0.1, -0.05) is 26.0 Å². The van der Waals surface area contributed by atoms with Crippen LogP contribution >= 0.6 is 0 Å². The highest BCUT2D eigenvalue weighted by molar-refractivity contribution is 5.32. The van der Waals surface area contributed by atoms with Crippen molar-refractivity contribution in [3.8, 4) is 5.75 Å². The Labute approximate surface area is 104 Å². The van der Waals surface area contributed by atoms with Crippen LogP contribution in [0.25, 0.3) is 0 Å². The quantitative estimate of drug-likeness (QED) is 0.847. The predicted molar refractivity (Wildman–Crippen MR) is 69.4 cm³/mol. The van der Waals surface area contributed by atoms with Crippen molar-refractivity contribution in [3.63, 3.8) is 0 Å². The van der Waals surface area contributed by atoms with Crippen LogP contribution in [-0.2, 0) is 5.41 Å². The number of hydrogen-bond acceptors (Lipinski definition) is 2. The molecule has 2 nitrogen and oxygen atoms in total. The molecular formula is C15H22O2. The molecule has 1 atom stereocenters. The molecule has 2 heteroatoms. The second-order valence-corrected chi connectivity index (χ2v) is 5.78. The van der Waals surface area contributed by atoms with Gasteiger partial charge in [-0.15, -0.1) is 0 Å². The molecule has 94 valence electrons. The largest absolute Gasteiger partial charge is 0.490 e. The van der Waals surface area contributed by atoms with E-state index >= 15 is 0 Å². The maximum atomic E-state index is 9.51. The Morgan fingerprint density at radius 2 is 1.88 bits per heavy atom. The van der Waals surface area contributed by atoms with Crippen molar-refractivity contribution in [2.24, 2.45) is 0 Å². The summed E-state index contributed by atoms with van der Waals surface area (Å²) in [5.74, 6) is 0.962. The Morgan fingerprint density at radius 3 is 2.35 bits per heavy atom. The fourth-order valence-corrected chi connectivity index (χ4v) is 2.22. The molecule has 1 unspecified atom stereocenters. The molecule has 0 amide bonds. The van der Waals surface area contributed by atoms with Crippen LogP contribution in [-0.4, -0.2) is 17.3 Å². The summed E-state index contributed by atoms with van der Waals surface area (Å²) in [7, 11) is 0. The van der Waals surface area contributed by atoms with E-state index in [0.717, 1.165) is 12.2 Å². The minimum absolute atomic E-state index is 0.00623. The zero-order valence-electron chi connectivity index (χ0n) is 10.9. The second-order valence-electron chi connectivity index (χ2n) is 5.78. The predicted octanol–water partition coefficient (Wildman–Crippen LogP) is 3.28. The summed E-state index contributed by atoms with van der Waals surface area (Å²) < 4.78 is 5.72. The van der Waals surface area contributed by atoms with Gasteiger partial charge in [0.2, 0.25) is 0 Å². The molecule has 1 aliphatic carbocycles. The molecular weight excluding hydrogens is 212 g/mol. The van der Waals surface area contributed by atoms with E-state index in [0.29, 0.717) is 6.10 Å². The van der Waals surface area contributed by atoms with Crippen LogP contribution in [0.2, 0.25) is 0 Å². The average molecular weight is 234 g/mol. The summed E-state index contributed by atoms with van der Waals surface area (Å²) in [6.07, 6.45) is 3.33. The van der Waals surface area contributed by atoms with Gasteiger partial charge in [0.25, 0.3) is 0 Å². The van der Waals surface area contributed by atoms with E-state index in [1.54, 1.807) is 0 Å². The standard InChI is InChI=1S/C15H22O2/c1-11(16)10-15(2,3)12-4-6-13(7-5-12)17-14-8-9-14/h4-7,11,14,16H,8-10H2,1-3H3. The molecule has 0 radical (unpaired) electrons. The molecule has 0 heterocycles. The third-order valence-electron chi connectivity index (χ3n) is 3.27. The summed E-state index contributed by atoms with van der Waals surface area (Å²) >= 11 is 0. The number of aliphatic hydroxyl groups is 1. The molecule has 1 N–H and O–H groups in total. The first-order chi connectivity index (χ1) is 7.97. The lowest BCUT2D eigenvalue weighted by Gasteiger charge is -2.27. The highest BCUT2D eigenvalue weighted by Gasteiger charge is 2.25. The van der Waals surface area contributed by atoms with E-state index in [2.05, 4.69) is 26.0 Å². The van der Waals surface area contributed by atoms with Gasteiger partial charge in [0.1, 0.15) is 5.75 Å². The van der Waals surface area contributed by atoms with Crippen molar-refractivity contribution < 1.29 is 9.84 Å². The van der Waals surface area contributed by atoms with Gasteiger partial charge in [0.15, 0.2) is 0 Å². The van der Waals surface area contributed by atoms with Crippen LogP contribution in [0.5, 0.6) is 5.75 Å². The monoisotopic (exact) mass is 234 g/mol. The topological polar surface area (TPSA) is 29.5 Å². The Bertz CT molecular complexity index is 361. The van der Waals surface area contributed by atoms with Gasteiger partial charge in [0.05, 0.1) is 12.2 Å². The van der Waals surface area contributed by atoms with E-state index in [1.807, 2.05) is 19.1 Å². The van der Waals surface area contributed by atoms with Crippen molar-refractivity contribution in [2.45, 2.75) is 57.7 Å². The Balaban J connectivity index is 2.04. The van der Waals surface area contributed by atoms with E-state index in [-0.39, 0.29) is 11.5 Å². The summed E-state index contributed by atoms with van der Waals surface area (Å²) in [6, 6.07) is 8.30.